The van der Waals surface area contributed by atoms with Crippen molar-refractivity contribution in [1.82, 2.24) is 4.98 Å². The van der Waals surface area contributed by atoms with E-state index in [1.807, 2.05) is 48.5 Å². The predicted octanol–water partition coefficient (Wildman–Crippen LogP) is 6.02. The smallest absolute Gasteiger partial charge is 0.259 e. The van der Waals surface area contributed by atoms with Crippen molar-refractivity contribution in [2.45, 2.75) is 13.3 Å². The van der Waals surface area contributed by atoms with Crippen LogP contribution in [0, 0.1) is 0 Å². The van der Waals surface area contributed by atoms with E-state index < -0.39 is 0 Å². The van der Waals surface area contributed by atoms with E-state index >= 15 is 0 Å². The zero-order valence-corrected chi connectivity index (χ0v) is 17.6. The van der Waals surface area contributed by atoms with E-state index in [2.05, 4.69) is 15.6 Å². The van der Waals surface area contributed by atoms with Crippen LogP contribution in [0.4, 0.5) is 17.1 Å². The lowest BCUT2D eigenvalue weighted by Gasteiger charge is -2.15. The number of carbonyl (C=O) groups excluding carboxylic acids is 2. The van der Waals surface area contributed by atoms with Crippen LogP contribution in [0.2, 0.25) is 5.02 Å². The molecule has 0 radical (unpaired) electrons. The number of fused-ring (bicyclic) bond motifs is 1. The third kappa shape index (κ3) is 4.90. The Balaban J connectivity index is 1.69. The van der Waals surface area contributed by atoms with Crippen LogP contribution in [-0.2, 0) is 11.2 Å². The minimum atomic E-state index is -0.281. The molecule has 0 saturated carbocycles. The molecule has 0 aliphatic rings. The first-order valence-electron chi connectivity index (χ1n) is 9.79. The molecule has 1 heterocycles. The van der Waals surface area contributed by atoms with Gasteiger partial charge in [0.1, 0.15) is 5.78 Å². The Morgan fingerprint density at radius 3 is 2.29 bits per heavy atom. The van der Waals surface area contributed by atoms with Gasteiger partial charge in [-0.15, -0.1) is 0 Å². The second kappa shape index (κ2) is 8.98. The number of pyridine rings is 1. The van der Waals surface area contributed by atoms with Gasteiger partial charge in [-0.05, 0) is 55.0 Å². The standard InChI is InChI=1S/C25H20ClN3O2/c1-16(30)14-17-6-10-19(11-7-17)28-24-21-4-2-3-5-23(21)27-15-22(24)25(31)29-20-12-8-18(26)9-13-20/h2-13,15H,14H2,1H3,(H,27,28)(H,29,31). The average molecular weight is 430 g/mol. The topological polar surface area (TPSA) is 71.1 Å². The number of carbonyl (C=O) groups is 2. The quantitative estimate of drug-likeness (QED) is 0.393. The van der Waals surface area contributed by atoms with Crippen molar-refractivity contribution in [1.29, 1.82) is 0 Å². The Morgan fingerprint density at radius 2 is 1.58 bits per heavy atom. The van der Waals surface area contributed by atoms with Gasteiger partial charge in [0, 0.05) is 34.4 Å². The van der Waals surface area contributed by atoms with Crippen molar-refractivity contribution in [2.75, 3.05) is 10.6 Å². The van der Waals surface area contributed by atoms with Crippen LogP contribution in [0.1, 0.15) is 22.8 Å². The summed E-state index contributed by atoms with van der Waals surface area (Å²) in [4.78, 5) is 28.9. The minimum absolute atomic E-state index is 0.113. The van der Waals surface area contributed by atoms with Crippen LogP contribution in [0.25, 0.3) is 10.9 Å². The third-order valence-corrected chi connectivity index (χ3v) is 5.05. The molecule has 0 bridgehead atoms. The molecule has 0 aliphatic carbocycles. The predicted molar refractivity (Wildman–Crippen MR) is 125 cm³/mol. The fourth-order valence-corrected chi connectivity index (χ4v) is 3.44. The summed E-state index contributed by atoms with van der Waals surface area (Å²) in [5.74, 6) is -0.168. The lowest BCUT2D eigenvalue weighted by atomic mass is 10.1. The summed E-state index contributed by atoms with van der Waals surface area (Å²) >= 11 is 5.93. The number of ketones is 1. The van der Waals surface area contributed by atoms with Crippen molar-refractivity contribution in [3.05, 3.63) is 95.1 Å². The van der Waals surface area contributed by atoms with Gasteiger partial charge in [-0.25, -0.2) is 0 Å². The van der Waals surface area contributed by atoms with Gasteiger partial charge >= 0.3 is 0 Å². The van der Waals surface area contributed by atoms with Gasteiger partial charge in [0.05, 0.1) is 16.8 Å². The highest BCUT2D eigenvalue weighted by Gasteiger charge is 2.16. The first-order chi connectivity index (χ1) is 15.0. The molecule has 31 heavy (non-hydrogen) atoms. The summed E-state index contributed by atoms with van der Waals surface area (Å²) in [5.41, 5.74) is 4.25. The fraction of sp³-hybridized carbons (Fsp3) is 0.0800. The molecule has 0 saturated heterocycles. The molecule has 0 atom stereocenters. The maximum absolute atomic E-state index is 13.1. The maximum Gasteiger partial charge on any atom is 0.259 e. The highest BCUT2D eigenvalue weighted by atomic mass is 35.5. The summed E-state index contributed by atoms with van der Waals surface area (Å²) in [7, 11) is 0. The Kier molecular flexibility index (Phi) is 5.96. The number of nitrogens with zero attached hydrogens (tertiary/aromatic N) is 1. The van der Waals surface area contributed by atoms with Gasteiger partial charge in [0.15, 0.2) is 0 Å². The van der Waals surface area contributed by atoms with Crippen molar-refractivity contribution < 1.29 is 9.59 Å². The number of benzene rings is 3. The number of halogens is 1. The SMILES string of the molecule is CC(=O)Cc1ccc(Nc2c(C(=O)Nc3ccc(Cl)cc3)cnc3ccccc23)cc1. The summed E-state index contributed by atoms with van der Waals surface area (Å²) in [5, 5.41) is 7.69. The first kappa shape index (κ1) is 20.6. The molecule has 0 unspecified atom stereocenters. The Labute approximate surface area is 185 Å². The zero-order valence-electron chi connectivity index (χ0n) is 16.9. The highest BCUT2D eigenvalue weighted by Crippen LogP contribution is 2.30. The highest BCUT2D eigenvalue weighted by molar-refractivity contribution is 6.30. The van der Waals surface area contributed by atoms with E-state index in [-0.39, 0.29) is 11.7 Å². The molecule has 5 nitrogen and oxygen atoms in total. The van der Waals surface area contributed by atoms with Crippen molar-refractivity contribution in [3.8, 4) is 0 Å². The van der Waals surface area contributed by atoms with E-state index in [4.69, 9.17) is 11.6 Å². The molecule has 0 fully saturated rings. The molecular formula is C25H20ClN3O2. The van der Waals surface area contributed by atoms with E-state index in [1.165, 1.54) is 0 Å². The number of aromatic nitrogens is 1. The third-order valence-electron chi connectivity index (χ3n) is 4.80. The molecule has 6 heteroatoms. The number of para-hydroxylation sites is 1. The molecule has 154 valence electrons. The van der Waals surface area contributed by atoms with Gasteiger partial charge in [-0.3, -0.25) is 14.6 Å². The van der Waals surface area contributed by atoms with Crippen LogP contribution < -0.4 is 10.6 Å². The van der Waals surface area contributed by atoms with Gasteiger partial charge in [-0.2, -0.15) is 0 Å². The largest absolute Gasteiger partial charge is 0.354 e. The summed E-state index contributed by atoms with van der Waals surface area (Å²) in [6, 6.07) is 22.2. The van der Waals surface area contributed by atoms with Crippen LogP contribution in [0.3, 0.4) is 0 Å². The summed E-state index contributed by atoms with van der Waals surface area (Å²) in [6.45, 7) is 1.57. The molecule has 4 rings (SSSR count). The second-order valence-corrected chi connectivity index (χ2v) is 7.66. The summed E-state index contributed by atoms with van der Waals surface area (Å²) in [6.07, 6.45) is 1.97. The number of amides is 1. The lowest BCUT2D eigenvalue weighted by molar-refractivity contribution is -0.116. The number of hydrogen-bond donors (Lipinski definition) is 2. The Bertz CT molecular complexity index is 1250. The summed E-state index contributed by atoms with van der Waals surface area (Å²) < 4.78 is 0. The van der Waals surface area contributed by atoms with Crippen LogP contribution in [-0.4, -0.2) is 16.7 Å². The van der Waals surface area contributed by atoms with E-state index in [1.54, 1.807) is 37.4 Å². The van der Waals surface area contributed by atoms with Crippen molar-refractivity contribution in [3.63, 3.8) is 0 Å². The monoisotopic (exact) mass is 429 g/mol. The van der Waals surface area contributed by atoms with Crippen molar-refractivity contribution in [2.24, 2.45) is 0 Å². The Hall–Kier alpha value is -3.70. The van der Waals surface area contributed by atoms with Gasteiger partial charge in [0.25, 0.3) is 5.91 Å². The number of hydrogen-bond acceptors (Lipinski definition) is 4. The minimum Gasteiger partial charge on any atom is -0.354 e. The fourth-order valence-electron chi connectivity index (χ4n) is 3.32. The second-order valence-electron chi connectivity index (χ2n) is 7.23. The van der Waals surface area contributed by atoms with Gasteiger partial charge < -0.3 is 10.6 Å². The lowest BCUT2D eigenvalue weighted by Crippen LogP contribution is -2.14. The maximum atomic E-state index is 13.1. The van der Waals surface area contributed by atoms with Crippen molar-refractivity contribution >= 4 is 51.3 Å². The van der Waals surface area contributed by atoms with Crippen LogP contribution >= 0.6 is 11.6 Å². The molecule has 0 aliphatic heterocycles. The van der Waals surface area contributed by atoms with E-state index in [9.17, 15) is 9.59 Å². The molecule has 4 aromatic rings. The normalized spacial score (nSPS) is 10.6. The van der Waals surface area contributed by atoms with E-state index in [0.717, 1.165) is 22.2 Å². The average Bonchev–Trinajstić information content (AvgIpc) is 2.76. The van der Waals surface area contributed by atoms with Gasteiger partial charge in [-0.1, -0.05) is 41.9 Å². The molecule has 1 aromatic heterocycles. The molecule has 3 aromatic carbocycles. The number of anilines is 3. The van der Waals surface area contributed by atoms with Crippen LogP contribution in [0.15, 0.2) is 79.0 Å². The molecular weight excluding hydrogens is 410 g/mol. The van der Waals surface area contributed by atoms with E-state index in [0.29, 0.717) is 28.4 Å². The molecule has 1 amide bonds. The number of Topliss-reactive ketones (excluding diaryl/α,β-unsaturated/α-hetero) is 1. The molecule has 2 N–H and O–H groups in total. The van der Waals surface area contributed by atoms with Crippen LogP contribution in [0.5, 0.6) is 0 Å². The Morgan fingerprint density at radius 1 is 0.903 bits per heavy atom. The molecule has 0 spiro atoms. The van der Waals surface area contributed by atoms with Gasteiger partial charge in [0.2, 0.25) is 0 Å². The zero-order chi connectivity index (χ0) is 21.8. The number of nitrogens with one attached hydrogen (secondary N) is 2. The number of rotatable bonds is 6. The first-order valence-corrected chi connectivity index (χ1v) is 10.2.